The van der Waals surface area contributed by atoms with Crippen molar-refractivity contribution in [2.75, 3.05) is 18.4 Å². The van der Waals surface area contributed by atoms with Crippen molar-refractivity contribution >= 4 is 5.69 Å². The van der Waals surface area contributed by atoms with E-state index in [0.717, 1.165) is 44.0 Å². The third-order valence-electron chi connectivity index (χ3n) is 3.50. The lowest BCUT2D eigenvalue weighted by Gasteiger charge is -2.20. The summed E-state index contributed by atoms with van der Waals surface area (Å²) in [6.07, 6.45) is -1.30. The Morgan fingerprint density at radius 1 is 1.21 bits per heavy atom. The van der Waals surface area contributed by atoms with Crippen LogP contribution in [0.15, 0.2) is 18.2 Å². The van der Waals surface area contributed by atoms with E-state index in [4.69, 9.17) is 0 Å². The topological polar surface area (TPSA) is 24.1 Å². The first kappa shape index (κ1) is 14.2. The standard InChI is InChI=1S/C14H19F3N2/c1-10-4-5-11(14(15,16)17)9-13(10)19-12-3-2-7-18-8-6-12/h4-5,9,12,18-19H,2-3,6-8H2,1H3. The molecule has 19 heavy (non-hydrogen) atoms. The van der Waals surface area contributed by atoms with Crippen molar-refractivity contribution in [3.05, 3.63) is 29.3 Å². The average molecular weight is 272 g/mol. The van der Waals surface area contributed by atoms with Gasteiger partial charge in [-0.3, -0.25) is 0 Å². The molecule has 0 saturated carbocycles. The van der Waals surface area contributed by atoms with E-state index < -0.39 is 11.7 Å². The molecule has 2 N–H and O–H groups in total. The van der Waals surface area contributed by atoms with Crippen molar-refractivity contribution in [3.8, 4) is 0 Å². The summed E-state index contributed by atoms with van der Waals surface area (Å²) in [6.45, 7) is 3.73. The van der Waals surface area contributed by atoms with E-state index in [2.05, 4.69) is 10.6 Å². The molecule has 1 aromatic rings. The number of nitrogens with one attached hydrogen (secondary N) is 2. The van der Waals surface area contributed by atoms with E-state index >= 15 is 0 Å². The van der Waals surface area contributed by atoms with Crippen molar-refractivity contribution in [3.63, 3.8) is 0 Å². The van der Waals surface area contributed by atoms with Crippen molar-refractivity contribution in [2.45, 2.75) is 38.4 Å². The summed E-state index contributed by atoms with van der Waals surface area (Å²) < 4.78 is 38.1. The summed E-state index contributed by atoms with van der Waals surface area (Å²) >= 11 is 0. The van der Waals surface area contributed by atoms with Gasteiger partial charge in [-0.1, -0.05) is 6.07 Å². The zero-order valence-corrected chi connectivity index (χ0v) is 11.0. The highest BCUT2D eigenvalue weighted by Gasteiger charge is 2.31. The fourth-order valence-corrected chi connectivity index (χ4v) is 2.34. The molecule has 1 aliphatic heterocycles. The van der Waals surface area contributed by atoms with Crippen LogP contribution in [0, 0.1) is 6.92 Å². The second-order valence-electron chi connectivity index (χ2n) is 5.05. The van der Waals surface area contributed by atoms with Gasteiger partial charge in [-0.05, 0) is 57.0 Å². The highest BCUT2D eigenvalue weighted by molar-refractivity contribution is 5.53. The fourth-order valence-electron chi connectivity index (χ4n) is 2.34. The maximum absolute atomic E-state index is 12.7. The minimum atomic E-state index is -4.28. The number of hydrogen-bond acceptors (Lipinski definition) is 2. The van der Waals surface area contributed by atoms with Crippen LogP contribution in [0.4, 0.5) is 18.9 Å². The van der Waals surface area contributed by atoms with Gasteiger partial charge in [0.05, 0.1) is 5.56 Å². The van der Waals surface area contributed by atoms with E-state index in [9.17, 15) is 13.2 Å². The van der Waals surface area contributed by atoms with Gasteiger partial charge in [-0.2, -0.15) is 13.2 Å². The van der Waals surface area contributed by atoms with Crippen LogP contribution in [-0.4, -0.2) is 19.1 Å². The maximum atomic E-state index is 12.7. The molecule has 1 atom stereocenters. The highest BCUT2D eigenvalue weighted by Crippen LogP contribution is 2.32. The Morgan fingerprint density at radius 3 is 2.74 bits per heavy atom. The van der Waals surface area contributed by atoms with Crippen LogP contribution >= 0.6 is 0 Å². The zero-order chi connectivity index (χ0) is 13.9. The lowest BCUT2D eigenvalue weighted by Crippen LogP contribution is -2.22. The van der Waals surface area contributed by atoms with Crippen LogP contribution in [0.25, 0.3) is 0 Å². The van der Waals surface area contributed by atoms with Gasteiger partial charge in [0.25, 0.3) is 0 Å². The van der Waals surface area contributed by atoms with Gasteiger partial charge in [0, 0.05) is 11.7 Å². The van der Waals surface area contributed by atoms with E-state index in [1.807, 2.05) is 6.92 Å². The summed E-state index contributed by atoms with van der Waals surface area (Å²) in [4.78, 5) is 0. The first-order valence-electron chi connectivity index (χ1n) is 6.62. The summed E-state index contributed by atoms with van der Waals surface area (Å²) in [6, 6.07) is 4.13. The first-order chi connectivity index (χ1) is 8.97. The summed E-state index contributed by atoms with van der Waals surface area (Å²) in [5.41, 5.74) is 0.860. The maximum Gasteiger partial charge on any atom is 0.416 e. The fraction of sp³-hybridized carbons (Fsp3) is 0.571. The Balaban J connectivity index is 2.14. The minimum Gasteiger partial charge on any atom is -0.382 e. The van der Waals surface area contributed by atoms with E-state index in [0.29, 0.717) is 5.69 Å². The molecule has 1 fully saturated rings. The number of benzene rings is 1. The molecule has 0 amide bonds. The molecule has 5 heteroatoms. The monoisotopic (exact) mass is 272 g/mol. The molecule has 2 rings (SSSR count). The predicted octanol–water partition coefficient (Wildman–Crippen LogP) is 3.57. The third kappa shape index (κ3) is 3.86. The quantitative estimate of drug-likeness (QED) is 0.860. The predicted molar refractivity (Wildman–Crippen MR) is 70.3 cm³/mol. The molecule has 0 aromatic heterocycles. The van der Waals surface area contributed by atoms with Gasteiger partial charge >= 0.3 is 6.18 Å². The number of anilines is 1. The van der Waals surface area contributed by atoms with E-state index in [1.165, 1.54) is 12.1 Å². The van der Waals surface area contributed by atoms with Gasteiger partial charge in [0.15, 0.2) is 0 Å². The van der Waals surface area contributed by atoms with Crippen molar-refractivity contribution < 1.29 is 13.2 Å². The Morgan fingerprint density at radius 2 is 2.00 bits per heavy atom. The van der Waals surface area contributed by atoms with Crippen LogP contribution in [-0.2, 0) is 6.18 Å². The Bertz CT molecular complexity index is 421. The molecule has 1 aromatic carbocycles. The zero-order valence-electron chi connectivity index (χ0n) is 11.0. The molecule has 0 radical (unpaired) electrons. The lowest BCUT2D eigenvalue weighted by atomic mass is 10.1. The Hall–Kier alpha value is -1.23. The van der Waals surface area contributed by atoms with Gasteiger partial charge in [-0.15, -0.1) is 0 Å². The van der Waals surface area contributed by atoms with Crippen LogP contribution in [0.5, 0.6) is 0 Å². The van der Waals surface area contributed by atoms with Crippen molar-refractivity contribution in [2.24, 2.45) is 0 Å². The molecule has 0 aliphatic carbocycles. The molecule has 1 saturated heterocycles. The summed E-state index contributed by atoms with van der Waals surface area (Å²) in [7, 11) is 0. The molecule has 0 spiro atoms. The van der Waals surface area contributed by atoms with Crippen LogP contribution in [0.2, 0.25) is 0 Å². The molecule has 1 unspecified atom stereocenters. The third-order valence-corrected chi connectivity index (χ3v) is 3.50. The van der Waals surface area contributed by atoms with Crippen molar-refractivity contribution in [1.82, 2.24) is 5.32 Å². The normalized spacial score (nSPS) is 20.9. The smallest absolute Gasteiger partial charge is 0.382 e. The molecular formula is C14H19F3N2. The highest BCUT2D eigenvalue weighted by atomic mass is 19.4. The van der Waals surface area contributed by atoms with Crippen LogP contribution < -0.4 is 10.6 Å². The lowest BCUT2D eigenvalue weighted by molar-refractivity contribution is -0.137. The molecule has 0 bridgehead atoms. The number of hydrogen-bond donors (Lipinski definition) is 2. The first-order valence-corrected chi connectivity index (χ1v) is 6.62. The number of halogens is 3. The molecular weight excluding hydrogens is 253 g/mol. The Labute approximate surface area is 111 Å². The minimum absolute atomic E-state index is 0.247. The number of aryl methyl sites for hydroxylation is 1. The number of rotatable bonds is 2. The summed E-state index contributed by atoms with van der Waals surface area (Å²) in [5, 5.41) is 6.55. The van der Waals surface area contributed by atoms with Crippen LogP contribution in [0.1, 0.15) is 30.4 Å². The molecule has 1 aliphatic rings. The van der Waals surface area contributed by atoms with Crippen molar-refractivity contribution in [1.29, 1.82) is 0 Å². The molecule has 1 heterocycles. The average Bonchev–Trinajstić information content (AvgIpc) is 2.59. The second kappa shape index (κ2) is 5.82. The largest absolute Gasteiger partial charge is 0.416 e. The van der Waals surface area contributed by atoms with Crippen LogP contribution in [0.3, 0.4) is 0 Å². The summed E-state index contributed by atoms with van der Waals surface area (Å²) in [5.74, 6) is 0. The van der Waals surface area contributed by atoms with E-state index in [-0.39, 0.29) is 6.04 Å². The van der Waals surface area contributed by atoms with E-state index in [1.54, 1.807) is 0 Å². The molecule has 2 nitrogen and oxygen atoms in total. The Kier molecular flexibility index (Phi) is 4.34. The second-order valence-corrected chi connectivity index (χ2v) is 5.05. The molecule has 106 valence electrons. The van der Waals surface area contributed by atoms with Gasteiger partial charge < -0.3 is 10.6 Å². The van der Waals surface area contributed by atoms with Gasteiger partial charge in [0.1, 0.15) is 0 Å². The van der Waals surface area contributed by atoms with Gasteiger partial charge in [0.2, 0.25) is 0 Å². The SMILES string of the molecule is Cc1ccc(C(F)(F)F)cc1NC1CCCNCC1. The number of alkyl halides is 3. The van der Waals surface area contributed by atoms with Gasteiger partial charge in [-0.25, -0.2) is 0 Å².